The van der Waals surface area contributed by atoms with Gasteiger partial charge in [0.2, 0.25) is 11.2 Å². The molecule has 0 bridgehead atoms. The zero-order valence-corrected chi connectivity index (χ0v) is 18.9. The number of carbonyl (C=O) groups is 1. The Labute approximate surface area is 201 Å². The third kappa shape index (κ3) is 5.75. The monoisotopic (exact) mass is 503 g/mol. The Balaban J connectivity index is 1.60. The van der Waals surface area contributed by atoms with E-state index in [-0.39, 0.29) is 22.5 Å². The third-order valence-electron chi connectivity index (χ3n) is 4.79. The van der Waals surface area contributed by atoms with Gasteiger partial charge in [-0.15, -0.1) is 0 Å². The van der Waals surface area contributed by atoms with Crippen molar-refractivity contribution in [1.29, 1.82) is 0 Å². The molecule has 0 fully saturated rings. The van der Waals surface area contributed by atoms with E-state index in [4.69, 9.17) is 25.5 Å². The number of ether oxygens (including phenoxy) is 2. The van der Waals surface area contributed by atoms with E-state index in [1.807, 2.05) is 0 Å². The molecular formula is C25H17ClF3NO5. The average Bonchev–Trinajstić information content (AvgIpc) is 2.80. The molecule has 1 amide bonds. The standard InChI is InChI=1S/C25H17ClF3NO5/c1-14-3-2-4-18(11-14)34-23-22(32)19-10-9-17(12-20(19)35-24(23)25(27,28)29)33-13-21(31)30-16-7-5-15(26)6-8-16/h2-12H,13H2,1H3,(H,30,31). The number of amides is 1. The molecule has 4 aromatic rings. The fourth-order valence-corrected chi connectivity index (χ4v) is 3.33. The van der Waals surface area contributed by atoms with Gasteiger partial charge < -0.3 is 19.2 Å². The minimum Gasteiger partial charge on any atom is -0.484 e. The minimum atomic E-state index is -5.00. The highest BCUT2D eigenvalue weighted by molar-refractivity contribution is 6.30. The molecule has 35 heavy (non-hydrogen) atoms. The summed E-state index contributed by atoms with van der Waals surface area (Å²) in [6.07, 6.45) is -5.00. The zero-order chi connectivity index (χ0) is 25.2. The Kier molecular flexibility index (Phi) is 6.70. The number of fused-ring (bicyclic) bond motifs is 1. The fourth-order valence-electron chi connectivity index (χ4n) is 3.20. The van der Waals surface area contributed by atoms with Gasteiger partial charge in [0.15, 0.2) is 6.61 Å². The molecule has 0 aliphatic carbocycles. The third-order valence-corrected chi connectivity index (χ3v) is 5.04. The topological polar surface area (TPSA) is 77.8 Å². The van der Waals surface area contributed by atoms with Gasteiger partial charge in [-0.1, -0.05) is 23.7 Å². The molecular weight excluding hydrogens is 487 g/mol. The summed E-state index contributed by atoms with van der Waals surface area (Å²) in [4.78, 5) is 25.0. The van der Waals surface area contributed by atoms with Crippen molar-refractivity contribution in [1.82, 2.24) is 0 Å². The Morgan fingerprint density at radius 2 is 1.77 bits per heavy atom. The quantitative estimate of drug-likeness (QED) is 0.321. The summed E-state index contributed by atoms with van der Waals surface area (Å²) in [5.41, 5.74) is -0.131. The summed E-state index contributed by atoms with van der Waals surface area (Å²) >= 11 is 5.80. The van der Waals surface area contributed by atoms with Gasteiger partial charge in [0.25, 0.3) is 11.7 Å². The number of benzene rings is 3. The van der Waals surface area contributed by atoms with Crippen LogP contribution in [-0.4, -0.2) is 12.5 Å². The van der Waals surface area contributed by atoms with Crippen molar-refractivity contribution in [2.24, 2.45) is 0 Å². The number of carbonyl (C=O) groups excluding carboxylic acids is 1. The number of nitrogens with one attached hydrogen (secondary N) is 1. The maximum absolute atomic E-state index is 13.7. The molecule has 0 atom stereocenters. The predicted octanol–water partition coefficient (Wildman–Crippen LogP) is 6.58. The van der Waals surface area contributed by atoms with Crippen LogP contribution in [0.25, 0.3) is 11.0 Å². The SMILES string of the molecule is Cc1cccc(Oc2c(C(F)(F)F)oc3cc(OCC(=O)Nc4ccc(Cl)cc4)ccc3c2=O)c1. The van der Waals surface area contributed by atoms with Crippen LogP contribution in [-0.2, 0) is 11.0 Å². The van der Waals surface area contributed by atoms with Gasteiger partial charge in [0.1, 0.15) is 17.1 Å². The lowest BCUT2D eigenvalue weighted by atomic mass is 10.2. The molecule has 0 aliphatic heterocycles. The number of aryl methyl sites for hydroxylation is 1. The van der Waals surface area contributed by atoms with E-state index in [9.17, 15) is 22.8 Å². The molecule has 180 valence electrons. The number of halogens is 4. The lowest BCUT2D eigenvalue weighted by molar-refractivity contribution is -0.154. The Bertz CT molecular complexity index is 1450. The number of rotatable bonds is 6. The molecule has 0 radical (unpaired) electrons. The molecule has 4 rings (SSSR count). The highest BCUT2D eigenvalue weighted by Gasteiger charge is 2.40. The van der Waals surface area contributed by atoms with E-state index in [2.05, 4.69) is 5.32 Å². The van der Waals surface area contributed by atoms with Crippen LogP contribution in [0.2, 0.25) is 5.02 Å². The van der Waals surface area contributed by atoms with E-state index < -0.39 is 35.6 Å². The van der Waals surface area contributed by atoms with Crippen LogP contribution < -0.4 is 20.2 Å². The minimum absolute atomic E-state index is 0.0346. The highest BCUT2D eigenvalue weighted by Crippen LogP contribution is 2.38. The van der Waals surface area contributed by atoms with E-state index in [1.54, 1.807) is 43.3 Å². The molecule has 0 spiro atoms. The second-order valence-electron chi connectivity index (χ2n) is 7.51. The van der Waals surface area contributed by atoms with Gasteiger partial charge in [-0.3, -0.25) is 9.59 Å². The number of alkyl halides is 3. The Hall–Kier alpha value is -3.98. The van der Waals surface area contributed by atoms with Crippen LogP contribution in [0.5, 0.6) is 17.2 Å². The highest BCUT2D eigenvalue weighted by atomic mass is 35.5. The van der Waals surface area contributed by atoms with Crippen molar-refractivity contribution < 1.29 is 31.9 Å². The largest absolute Gasteiger partial charge is 0.484 e. The van der Waals surface area contributed by atoms with Gasteiger partial charge in [-0.2, -0.15) is 13.2 Å². The maximum atomic E-state index is 13.7. The summed E-state index contributed by atoms with van der Waals surface area (Å²) in [6, 6.07) is 16.3. The first-order valence-corrected chi connectivity index (χ1v) is 10.6. The maximum Gasteiger partial charge on any atom is 0.453 e. The summed E-state index contributed by atoms with van der Waals surface area (Å²) in [6.45, 7) is 1.30. The summed E-state index contributed by atoms with van der Waals surface area (Å²) in [5.74, 6) is -2.95. The van der Waals surface area contributed by atoms with Crippen LogP contribution in [0.4, 0.5) is 18.9 Å². The molecule has 3 aromatic carbocycles. The van der Waals surface area contributed by atoms with Crippen LogP contribution >= 0.6 is 11.6 Å². The molecule has 0 aliphatic rings. The van der Waals surface area contributed by atoms with Gasteiger partial charge in [0, 0.05) is 16.8 Å². The van der Waals surface area contributed by atoms with E-state index in [0.717, 1.165) is 11.6 Å². The van der Waals surface area contributed by atoms with Gasteiger partial charge in [-0.25, -0.2) is 0 Å². The molecule has 0 unspecified atom stereocenters. The lowest BCUT2D eigenvalue weighted by Crippen LogP contribution is -2.20. The van der Waals surface area contributed by atoms with E-state index >= 15 is 0 Å². The summed E-state index contributed by atoms with van der Waals surface area (Å²) < 4.78 is 56.9. The van der Waals surface area contributed by atoms with Crippen LogP contribution in [0.15, 0.2) is 75.9 Å². The fraction of sp³-hybridized carbons (Fsp3) is 0.120. The van der Waals surface area contributed by atoms with Gasteiger partial charge in [0.05, 0.1) is 5.39 Å². The number of anilines is 1. The van der Waals surface area contributed by atoms with Crippen molar-refractivity contribution in [2.45, 2.75) is 13.1 Å². The van der Waals surface area contributed by atoms with Crippen LogP contribution in [0.1, 0.15) is 11.3 Å². The van der Waals surface area contributed by atoms with Gasteiger partial charge in [-0.05, 0) is 61.0 Å². The predicted molar refractivity (Wildman–Crippen MR) is 124 cm³/mol. The first-order valence-electron chi connectivity index (χ1n) is 10.2. The normalized spacial score (nSPS) is 11.3. The molecule has 6 nitrogen and oxygen atoms in total. The van der Waals surface area contributed by atoms with Crippen molar-refractivity contribution in [3.05, 3.63) is 93.3 Å². The molecule has 1 N–H and O–H groups in total. The van der Waals surface area contributed by atoms with Crippen molar-refractivity contribution in [3.63, 3.8) is 0 Å². The van der Waals surface area contributed by atoms with Crippen LogP contribution in [0, 0.1) is 6.92 Å². The second kappa shape index (κ2) is 9.71. The van der Waals surface area contributed by atoms with E-state index in [0.29, 0.717) is 10.7 Å². The molecule has 0 saturated carbocycles. The number of hydrogen-bond donors (Lipinski definition) is 1. The van der Waals surface area contributed by atoms with Gasteiger partial charge >= 0.3 is 6.18 Å². The first-order chi connectivity index (χ1) is 16.6. The van der Waals surface area contributed by atoms with E-state index in [1.165, 1.54) is 24.3 Å². The smallest absolute Gasteiger partial charge is 0.453 e. The second-order valence-corrected chi connectivity index (χ2v) is 7.94. The molecule has 0 saturated heterocycles. The summed E-state index contributed by atoms with van der Waals surface area (Å²) in [5, 5.41) is 2.95. The van der Waals surface area contributed by atoms with Crippen molar-refractivity contribution in [2.75, 3.05) is 11.9 Å². The molecule has 1 aromatic heterocycles. The summed E-state index contributed by atoms with van der Waals surface area (Å²) in [7, 11) is 0. The van der Waals surface area contributed by atoms with Crippen molar-refractivity contribution in [3.8, 4) is 17.2 Å². The zero-order valence-electron chi connectivity index (χ0n) is 18.1. The molecule has 1 heterocycles. The first kappa shape index (κ1) is 24.2. The average molecular weight is 504 g/mol. The Morgan fingerprint density at radius 3 is 2.46 bits per heavy atom. The lowest BCUT2D eigenvalue weighted by Gasteiger charge is -2.14. The van der Waals surface area contributed by atoms with Crippen molar-refractivity contribution >= 4 is 34.2 Å². The Morgan fingerprint density at radius 1 is 1.03 bits per heavy atom. The molecule has 10 heteroatoms. The van der Waals surface area contributed by atoms with Crippen LogP contribution in [0.3, 0.4) is 0 Å². The number of hydrogen-bond acceptors (Lipinski definition) is 5.